The molecule has 1 aliphatic carbocycles. The Kier molecular flexibility index (Phi) is 3.09. The van der Waals surface area contributed by atoms with Gasteiger partial charge >= 0.3 is 0 Å². The van der Waals surface area contributed by atoms with Gasteiger partial charge in [0.2, 0.25) is 12.2 Å². The molecule has 4 heteroatoms. The predicted molar refractivity (Wildman–Crippen MR) is 46.4 cm³/mol. The first-order valence-corrected chi connectivity index (χ1v) is 3.83. The van der Waals surface area contributed by atoms with Gasteiger partial charge in [-0.2, -0.15) is 9.98 Å². The lowest BCUT2D eigenvalue weighted by Gasteiger charge is -2.17. The minimum Gasteiger partial charge on any atom is -0.211 e. The van der Waals surface area contributed by atoms with Crippen LogP contribution in [0.5, 0.6) is 0 Å². The Morgan fingerprint density at radius 3 is 2.77 bits per heavy atom. The van der Waals surface area contributed by atoms with Crippen molar-refractivity contribution in [3.05, 3.63) is 23.9 Å². The summed E-state index contributed by atoms with van der Waals surface area (Å²) in [6.45, 7) is 1.84. The van der Waals surface area contributed by atoms with Gasteiger partial charge in [-0.05, 0) is 6.08 Å². The molecule has 4 nitrogen and oxygen atoms in total. The summed E-state index contributed by atoms with van der Waals surface area (Å²) in [7, 11) is 0. The van der Waals surface area contributed by atoms with Crippen molar-refractivity contribution in [1.82, 2.24) is 0 Å². The zero-order valence-corrected chi connectivity index (χ0v) is 7.10. The molecule has 0 bridgehead atoms. The van der Waals surface area contributed by atoms with Gasteiger partial charge in [0.15, 0.2) is 0 Å². The van der Waals surface area contributed by atoms with Crippen LogP contribution in [0, 0.1) is 5.92 Å². The highest BCUT2D eigenvalue weighted by atomic mass is 16.1. The number of aliphatic imine (C=N–C) groups is 2. The molecule has 0 spiro atoms. The van der Waals surface area contributed by atoms with Gasteiger partial charge in [0, 0.05) is 5.92 Å². The summed E-state index contributed by atoms with van der Waals surface area (Å²) in [5.74, 6) is -0.0760. The van der Waals surface area contributed by atoms with Gasteiger partial charge in [-0.1, -0.05) is 19.1 Å². The molecule has 0 saturated heterocycles. The second-order valence-corrected chi connectivity index (χ2v) is 2.68. The van der Waals surface area contributed by atoms with Crippen molar-refractivity contribution in [2.45, 2.75) is 13.0 Å². The Morgan fingerprint density at radius 1 is 1.38 bits per heavy atom. The van der Waals surface area contributed by atoms with Crippen LogP contribution in [0.15, 0.2) is 33.9 Å². The fourth-order valence-electron chi connectivity index (χ4n) is 1.17. The number of allylic oxidation sites excluding steroid dienone is 2. The minimum atomic E-state index is -0.269. The van der Waals surface area contributed by atoms with Gasteiger partial charge < -0.3 is 0 Å². The molecule has 0 fully saturated rings. The Labute approximate surface area is 75.4 Å². The maximum atomic E-state index is 10.0. The summed E-state index contributed by atoms with van der Waals surface area (Å²) < 4.78 is 0. The van der Waals surface area contributed by atoms with Crippen LogP contribution in [0.2, 0.25) is 0 Å². The molecule has 13 heavy (non-hydrogen) atoms. The maximum absolute atomic E-state index is 10.0. The lowest BCUT2D eigenvalue weighted by molar-refractivity contribution is 0.540. The van der Waals surface area contributed by atoms with Gasteiger partial charge in [-0.15, -0.1) is 0 Å². The molecule has 0 N–H and O–H groups in total. The third-order valence-corrected chi connectivity index (χ3v) is 1.93. The zero-order chi connectivity index (χ0) is 9.68. The maximum Gasteiger partial charge on any atom is 0.240 e. The van der Waals surface area contributed by atoms with Gasteiger partial charge in [0.25, 0.3) is 0 Å². The highest BCUT2D eigenvalue weighted by molar-refractivity contribution is 5.41. The molecule has 0 amide bonds. The first kappa shape index (κ1) is 9.33. The van der Waals surface area contributed by atoms with Crippen molar-refractivity contribution in [3.8, 4) is 0 Å². The molecule has 1 rings (SSSR count). The highest BCUT2D eigenvalue weighted by Crippen LogP contribution is 2.22. The van der Waals surface area contributed by atoms with E-state index >= 15 is 0 Å². The smallest absolute Gasteiger partial charge is 0.211 e. The topological polar surface area (TPSA) is 58.9 Å². The first-order valence-electron chi connectivity index (χ1n) is 3.83. The van der Waals surface area contributed by atoms with Crippen molar-refractivity contribution in [2.75, 3.05) is 0 Å². The van der Waals surface area contributed by atoms with Gasteiger partial charge in [-0.3, -0.25) is 0 Å². The van der Waals surface area contributed by atoms with Crippen LogP contribution in [-0.4, -0.2) is 18.2 Å². The zero-order valence-electron chi connectivity index (χ0n) is 7.10. The van der Waals surface area contributed by atoms with Crippen molar-refractivity contribution < 1.29 is 9.59 Å². The Morgan fingerprint density at radius 2 is 2.15 bits per heavy atom. The van der Waals surface area contributed by atoms with E-state index in [1.807, 2.05) is 6.92 Å². The molecule has 2 unspecified atom stereocenters. The molecular formula is C9H8N2O2. The van der Waals surface area contributed by atoms with Gasteiger partial charge in [0.1, 0.15) is 0 Å². The second kappa shape index (κ2) is 4.31. The summed E-state index contributed by atoms with van der Waals surface area (Å²) in [6.07, 6.45) is 8.12. The minimum absolute atomic E-state index is 0.0760. The van der Waals surface area contributed by atoms with E-state index in [4.69, 9.17) is 0 Å². The van der Waals surface area contributed by atoms with Gasteiger partial charge in [-0.25, -0.2) is 9.59 Å². The summed E-state index contributed by atoms with van der Waals surface area (Å²) in [5.41, 5.74) is 0.585. The number of nitrogens with zero attached hydrogens (tertiary/aromatic N) is 2. The fraction of sp³-hybridized carbons (Fsp3) is 0.333. The number of carbonyl (C=O) groups excluding carboxylic acids is 2. The van der Waals surface area contributed by atoms with Crippen LogP contribution in [0.4, 0.5) is 0 Å². The van der Waals surface area contributed by atoms with Crippen LogP contribution >= 0.6 is 0 Å². The van der Waals surface area contributed by atoms with Crippen LogP contribution in [0.1, 0.15) is 6.92 Å². The quantitative estimate of drug-likeness (QED) is 0.467. The average molecular weight is 176 g/mol. The SMILES string of the molecule is CC1C(N=C=O)=CC=CC1N=C=O. The number of rotatable bonds is 2. The Bertz CT molecular complexity index is 345. The van der Waals surface area contributed by atoms with E-state index in [0.717, 1.165) is 0 Å². The predicted octanol–water partition coefficient (Wildman–Crippen LogP) is 1.12. The molecular weight excluding hydrogens is 168 g/mol. The third-order valence-electron chi connectivity index (χ3n) is 1.93. The van der Waals surface area contributed by atoms with E-state index in [1.54, 1.807) is 18.2 Å². The Balaban J connectivity index is 2.91. The molecule has 0 aromatic rings. The first-order chi connectivity index (χ1) is 6.29. The molecule has 2 atom stereocenters. The lowest BCUT2D eigenvalue weighted by atomic mass is 9.94. The van der Waals surface area contributed by atoms with Crippen molar-refractivity contribution in [3.63, 3.8) is 0 Å². The van der Waals surface area contributed by atoms with Crippen LogP contribution in [-0.2, 0) is 9.59 Å². The molecule has 0 aromatic carbocycles. The number of hydrogen-bond acceptors (Lipinski definition) is 4. The second-order valence-electron chi connectivity index (χ2n) is 2.68. The summed E-state index contributed by atoms with van der Waals surface area (Å²) in [6, 6.07) is -0.269. The summed E-state index contributed by atoms with van der Waals surface area (Å²) in [5, 5.41) is 0. The molecule has 0 aromatic heterocycles. The normalized spacial score (nSPS) is 25.5. The Hall–Kier alpha value is -1.76. The molecule has 0 aliphatic heterocycles. The highest BCUT2D eigenvalue weighted by Gasteiger charge is 2.20. The standard InChI is InChI=1S/C9H8N2O2/c1-7-8(10-5-12)3-2-4-9(7)11-6-13/h2-4,7-8H,1H3. The fourth-order valence-corrected chi connectivity index (χ4v) is 1.17. The molecule has 1 aliphatic rings. The molecule has 0 saturated carbocycles. The van der Waals surface area contributed by atoms with Crippen LogP contribution in [0.3, 0.4) is 0 Å². The summed E-state index contributed by atoms with van der Waals surface area (Å²) >= 11 is 0. The van der Waals surface area contributed by atoms with Crippen LogP contribution < -0.4 is 0 Å². The van der Waals surface area contributed by atoms with E-state index in [9.17, 15) is 9.59 Å². The lowest BCUT2D eigenvalue weighted by Crippen LogP contribution is -2.16. The largest absolute Gasteiger partial charge is 0.240 e. The number of hydrogen-bond donors (Lipinski definition) is 0. The summed E-state index contributed by atoms with van der Waals surface area (Å²) in [4.78, 5) is 27.1. The third kappa shape index (κ3) is 2.09. The van der Waals surface area contributed by atoms with E-state index in [1.165, 1.54) is 12.2 Å². The number of isocyanates is 2. The van der Waals surface area contributed by atoms with Crippen molar-refractivity contribution >= 4 is 12.2 Å². The van der Waals surface area contributed by atoms with E-state index in [2.05, 4.69) is 9.98 Å². The van der Waals surface area contributed by atoms with E-state index in [0.29, 0.717) is 5.70 Å². The molecule has 0 heterocycles. The van der Waals surface area contributed by atoms with E-state index < -0.39 is 0 Å². The monoisotopic (exact) mass is 176 g/mol. The van der Waals surface area contributed by atoms with Gasteiger partial charge in [0.05, 0.1) is 11.7 Å². The van der Waals surface area contributed by atoms with Crippen molar-refractivity contribution in [1.29, 1.82) is 0 Å². The molecule has 0 radical (unpaired) electrons. The van der Waals surface area contributed by atoms with E-state index in [-0.39, 0.29) is 12.0 Å². The van der Waals surface area contributed by atoms with Crippen LogP contribution in [0.25, 0.3) is 0 Å². The molecule has 66 valence electrons. The van der Waals surface area contributed by atoms with Crippen molar-refractivity contribution in [2.24, 2.45) is 15.9 Å². The average Bonchev–Trinajstić information content (AvgIpc) is 2.13.